The molecule has 19 heavy (non-hydrogen) atoms. The number of rotatable bonds is 2. The van der Waals surface area contributed by atoms with Crippen LogP contribution >= 0.6 is 15.9 Å². The highest BCUT2D eigenvalue weighted by molar-refractivity contribution is 9.10. The normalized spacial score (nSPS) is 22.1. The number of hydrogen-bond acceptors (Lipinski definition) is 2. The van der Waals surface area contributed by atoms with Crippen LogP contribution in [0.1, 0.15) is 32.3 Å². The minimum absolute atomic E-state index is 0.200. The summed E-state index contributed by atoms with van der Waals surface area (Å²) >= 11 is 3.61. The summed E-state index contributed by atoms with van der Waals surface area (Å²) in [5, 5.41) is 8.93. The van der Waals surface area contributed by atoms with Crippen LogP contribution in [0.5, 0.6) is 0 Å². The van der Waals surface area contributed by atoms with Crippen molar-refractivity contribution in [3.63, 3.8) is 0 Å². The SMILES string of the molecule is Cc1ccc(N2CCC(CC#N)C(C)(C)C2)cc1Br. The standard InChI is InChI=1S/C16H21BrN2/c1-12-4-5-14(10-15(12)17)19-9-7-13(6-8-18)16(2,3)11-19/h4-5,10,13H,6-7,9,11H2,1-3H3. The van der Waals surface area contributed by atoms with Gasteiger partial charge < -0.3 is 4.90 Å². The van der Waals surface area contributed by atoms with Crippen molar-refractivity contribution in [2.45, 2.75) is 33.6 Å². The number of piperidine rings is 1. The minimum atomic E-state index is 0.200. The molecule has 0 aromatic heterocycles. The number of hydrogen-bond donors (Lipinski definition) is 0. The molecule has 2 rings (SSSR count). The lowest BCUT2D eigenvalue weighted by molar-refractivity contribution is 0.179. The van der Waals surface area contributed by atoms with Gasteiger partial charge >= 0.3 is 0 Å². The summed E-state index contributed by atoms with van der Waals surface area (Å²) in [7, 11) is 0. The molecule has 0 N–H and O–H groups in total. The van der Waals surface area contributed by atoms with Crippen LogP contribution in [0.15, 0.2) is 22.7 Å². The molecule has 1 aromatic carbocycles. The Balaban J connectivity index is 2.16. The largest absolute Gasteiger partial charge is 0.371 e. The van der Waals surface area contributed by atoms with Crippen LogP contribution in [0.2, 0.25) is 0 Å². The summed E-state index contributed by atoms with van der Waals surface area (Å²) in [6, 6.07) is 8.90. The summed E-state index contributed by atoms with van der Waals surface area (Å²) in [6.45, 7) is 8.74. The molecular formula is C16H21BrN2. The van der Waals surface area contributed by atoms with Gasteiger partial charge in [0.1, 0.15) is 0 Å². The van der Waals surface area contributed by atoms with E-state index in [4.69, 9.17) is 5.26 Å². The van der Waals surface area contributed by atoms with Crippen LogP contribution < -0.4 is 4.90 Å². The molecule has 0 aliphatic carbocycles. The zero-order chi connectivity index (χ0) is 14.0. The fraction of sp³-hybridized carbons (Fsp3) is 0.562. The second-order valence-electron chi connectivity index (χ2n) is 6.19. The third-order valence-electron chi connectivity index (χ3n) is 4.31. The van der Waals surface area contributed by atoms with Crippen molar-refractivity contribution >= 4 is 21.6 Å². The van der Waals surface area contributed by atoms with E-state index in [1.165, 1.54) is 15.7 Å². The van der Waals surface area contributed by atoms with Gasteiger partial charge in [-0.3, -0.25) is 0 Å². The lowest BCUT2D eigenvalue weighted by Gasteiger charge is -2.44. The highest BCUT2D eigenvalue weighted by atomic mass is 79.9. The minimum Gasteiger partial charge on any atom is -0.371 e. The fourth-order valence-corrected chi connectivity index (χ4v) is 3.26. The number of aryl methyl sites for hydroxylation is 1. The van der Waals surface area contributed by atoms with E-state index in [1.807, 2.05) is 0 Å². The molecule has 102 valence electrons. The summed E-state index contributed by atoms with van der Waals surface area (Å²) < 4.78 is 1.17. The maximum atomic E-state index is 8.93. The Bertz CT molecular complexity index is 502. The number of benzene rings is 1. The molecule has 1 aromatic rings. The molecule has 0 spiro atoms. The van der Waals surface area contributed by atoms with Gasteiger partial charge in [-0.25, -0.2) is 0 Å². The molecule has 1 fully saturated rings. The third kappa shape index (κ3) is 3.12. The molecule has 1 atom stereocenters. The molecule has 0 bridgehead atoms. The van der Waals surface area contributed by atoms with Gasteiger partial charge in [0.25, 0.3) is 0 Å². The zero-order valence-electron chi connectivity index (χ0n) is 11.9. The number of nitriles is 1. The van der Waals surface area contributed by atoms with E-state index in [9.17, 15) is 0 Å². The van der Waals surface area contributed by atoms with Gasteiger partial charge in [-0.1, -0.05) is 35.8 Å². The predicted molar refractivity (Wildman–Crippen MR) is 83.2 cm³/mol. The van der Waals surface area contributed by atoms with E-state index < -0.39 is 0 Å². The Morgan fingerprint density at radius 3 is 2.79 bits per heavy atom. The molecule has 1 heterocycles. The van der Waals surface area contributed by atoms with Gasteiger partial charge in [-0.05, 0) is 42.4 Å². The average Bonchev–Trinajstić information content (AvgIpc) is 2.35. The first-order valence-corrected chi connectivity index (χ1v) is 7.61. The van der Waals surface area contributed by atoms with Crippen molar-refractivity contribution in [3.8, 4) is 6.07 Å². The van der Waals surface area contributed by atoms with E-state index >= 15 is 0 Å². The molecule has 0 amide bonds. The molecule has 0 radical (unpaired) electrons. The van der Waals surface area contributed by atoms with Gasteiger partial charge in [0.05, 0.1) is 6.07 Å². The molecule has 2 nitrogen and oxygen atoms in total. The number of anilines is 1. The molecule has 1 aliphatic heterocycles. The second-order valence-corrected chi connectivity index (χ2v) is 7.05. The lowest BCUT2D eigenvalue weighted by Crippen LogP contribution is -2.45. The maximum Gasteiger partial charge on any atom is 0.0624 e. The quantitative estimate of drug-likeness (QED) is 0.800. The molecule has 1 saturated heterocycles. The molecule has 3 heteroatoms. The van der Waals surface area contributed by atoms with Crippen molar-refractivity contribution in [3.05, 3.63) is 28.2 Å². The lowest BCUT2D eigenvalue weighted by atomic mass is 9.72. The molecule has 0 saturated carbocycles. The Hall–Kier alpha value is -1.01. The third-order valence-corrected chi connectivity index (χ3v) is 5.16. The van der Waals surface area contributed by atoms with E-state index in [0.717, 1.165) is 19.5 Å². The summed E-state index contributed by atoms with van der Waals surface area (Å²) in [6.07, 6.45) is 1.78. The Morgan fingerprint density at radius 2 is 2.21 bits per heavy atom. The van der Waals surface area contributed by atoms with Gasteiger partial charge in [0.2, 0.25) is 0 Å². The zero-order valence-corrected chi connectivity index (χ0v) is 13.5. The molecular weight excluding hydrogens is 300 g/mol. The van der Waals surface area contributed by atoms with E-state index in [1.54, 1.807) is 0 Å². The molecule has 1 unspecified atom stereocenters. The van der Waals surface area contributed by atoms with Crippen LogP contribution in [0, 0.1) is 29.6 Å². The summed E-state index contributed by atoms with van der Waals surface area (Å²) in [4.78, 5) is 2.44. The summed E-state index contributed by atoms with van der Waals surface area (Å²) in [5.41, 5.74) is 2.74. The van der Waals surface area contributed by atoms with E-state index in [2.05, 4.69) is 65.9 Å². The van der Waals surface area contributed by atoms with Crippen molar-refractivity contribution in [1.29, 1.82) is 5.26 Å². The van der Waals surface area contributed by atoms with Gasteiger partial charge in [0, 0.05) is 29.7 Å². The van der Waals surface area contributed by atoms with Gasteiger partial charge in [0.15, 0.2) is 0 Å². The fourth-order valence-electron chi connectivity index (χ4n) is 2.89. The number of nitrogens with zero attached hydrogens (tertiary/aromatic N) is 2. The maximum absolute atomic E-state index is 8.93. The van der Waals surface area contributed by atoms with Crippen LogP contribution in [0.25, 0.3) is 0 Å². The Labute approximate surface area is 124 Å². The summed E-state index contributed by atoms with van der Waals surface area (Å²) in [5.74, 6) is 0.516. The highest BCUT2D eigenvalue weighted by Gasteiger charge is 2.35. The van der Waals surface area contributed by atoms with E-state index in [0.29, 0.717) is 12.3 Å². The highest BCUT2D eigenvalue weighted by Crippen LogP contribution is 2.39. The van der Waals surface area contributed by atoms with Gasteiger partial charge in [-0.15, -0.1) is 0 Å². The van der Waals surface area contributed by atoms with Gasteiger partial charge in [-0.2, -0.15) is 5.26 Å². The first-order valence-electron chi connectivity index (χ1n) is 6.82. The van der Waals surface area contributed by atoms with Crippen molar-refractivity contribution in [1.82, 2.24) is 0 Å². The first-order chi connectivity index (χ1) is 8.94. The van der Waals surface area contributed by atoms with E-state index in [-0.39, 0.29) is 5.41 Å². The Kier molecular flexibility index (Phi) is 4.20. The first kappa shape index (κ1) is 14.4. The number of halogens is 1. The smallest absolute Gasteiger partial charge is 0.0624 e. The molecule has 1 aliphatic rings. The van der Waals surface area contributed by atoms with Crippen LogP contribution in [0.4, 0.5) is 5.69 Å². The Morgan fingerprint density at radius 1 is 1.47 bits per heavy atom. The second kappa shape index (κ2) is 5.54. The monoisotopic (exact) mass is 320 g/mol. The van der Waals surface area contributed by atoms with Crippen LogP contribution in [-0.2, 0) is 0 Å². The van der Waals surface area contributed by atoms with Crippen LogP contribution in [-0.4, -0.2) is 13.1 Å². The van der Waals surface area contributed by atoms with Crippen molar-refractivity contribution in [2.24, 2.45) is 11.3 Å². The van der Waals surface area contributed by atoms with Crippen molar-refractivity contribution in [2.75, 3.05) is 18.0 Å². The van der Waals surface area contributed by atoms with Crippen LogP contribution in [0.3, 0.4) is 0 Å². The van der Waals surface area contributed by atoms with Crippen molar-refractivity contribution < 1.29 is 0 Å². The average molecular weight is 321 g/mol. The topological polar surface area (TPSA) is 27.0 Å². The predicted octanol–water partition coefficient (Wildman–Crippen LogP) is 4.52.